The van der Waals surface area contributed by atoms with Gasteiger partial charge in [-0.3, -0.25) is 9.52 Å². The normalized spacial score (nSPS) is 14.3. The van der Waals surface area contributed by atoms with Gasteiger partial charge in [0, 0.05) is 36.8 Å². The van der Waals surface area contributed by atoms with E-state index in [9.17, 15) is 17.6 Å². The number of anilines is 2. The third kappa shape index (κ3) is 5.24. The minimum atomic E-state index is -4.00. The van der Waals surface area contributed by atoms with Crippen LogP contribution in [0.5, 0.6) is 0 Å². The zero-order valence-electron chi connectivity index (χ0n) is 17.3. The highest BCUT2D eigenvalue weighted by atomic mass is 35.5. The largest absolute Gasteiger partial charge is 0.366 e. The lowest BCUT2D eigenvalue weighted by Crippen LogP contribution is -2.49. The van der Waals surface area contributed by atoms with E-state index in [1.807, 2.05) is 4.90 Å². The van der Waals surface area contributed by atoms with E-state index in [4.69, 9.17) is 23.2 Å². The van der Waals surface area contributed by atoms with E-state index in [0.717, 1.165) is 0 Å². The average Bonchev–Trinajstić information content (AvgIpc) is 2.81. The lowest BCUT2D eigenvalue weighted by Gasteiger charge is -2.36. The molecule has 1 aliphatic heterocycles. The Bertz CT molecular complexity index is 1300. The Morgan fingerprint density at radius 3 is 2.36 bits per heavy atom. The third-order valence-electron chi connectivity index (χ3n) is 5.32. The number of rotatable bonds is 5. The van der Waals surface area contributed by atoms with Crippen LogP contribution in [0.25, 0.3) is 0 Å². The summed E-state index contributed by atoms with van der Waals surface area (Å²) in [4.78, 5) is 16.5. The van der Waals surface area contributed by atoms with Crippen LogP contribution in [0.2, 0.25) is 10.0 Å². The number of amides is 1. The van der Waals surface area contributed by atoms with Gasteiger partial charge in [-0.2, -0.15) is 0 Å². The predicted octanol–water partition coefficient (Wildman–Crippen LogP) is 4.90. The number of nitrogens with zero attached hydrogens (tertiary/aromatic N) is 2. The molecule has 0 bridgehead atoms. The summed E-state index contributed by atoms with van der Waals surface area (Å²) in [7, 11) is -4.00. The van der Waals surface area contributed by atoms with Gasteiger partial charge in [-0.05, 0) is 48.5 Å². The molecule has 3 aromatic rings. The van der Waals surface area contributed by atoms with E-state index in [1.54, 1.807) is 35.2 Å². The molecule has 1 saturated heterocycles. The molecule has 1 heterocycles. The molecule has 0 radical (unpaired) electrons. The van der Waals surface area contributed by atoms with Crippen molar-refractivity contribution < 1.29 is 17.6 Å². The van der Waals surface area contributed by atoms with Crippen molar-refractivity contribution in [1.29, 1.82) is 0 Å². The van der Waals surface area contributed by atoms with Gasteiger partial charge in [0.25, 0.3) is 15.9 Å². The van der Waals surface area contributed by atoms with Gasteiger partial charge >= 0.3 is 0 Å². The number of hydrogen-bond acceptors (Lipinski definition) is 4. The molecule has 1 N–H and O–H groups in total. The maximum absolute atomic E-state index is 14.1. The summed E-state index contributed by atoms with van der Waals surface area (Å²) in [6.07, 6.45) is 0. The van der Waals surface area contributed by atoms with Crippen LogP contribution in [0.4, 0.5) is 15.8 Å². The van der Waals surface area contributed by atoms with E-state index >= 15 is 0 Å². The minimum Gasteiger partial charge on any atom is -0.366 e. The van der Waals surface area contributed by atoms with Gasteiger partial charge in [0.15, 0.2) is 0 Å². The maximum Gasteiger partial charge on any atom is 0.261 e. The summed E-state index contributed by atoms with van der Waals surface area (Å²) < 4.78 is 42.2. The SMILES string of the molecule is O=C(c1cccc(S(=O)(=O)Nc2cc(Cl)ccc2Cl)c1)N1CCN(c2ccccc2F)CC1. The molecule has 4 rings (SSSR count). The van der Waals surface area contributed by atoms with Gasteiger partial charge in [-0.15, -0.1) is 0 Å². The van der Waals surface area contributed by atoms with Crippen molar-refractivity contribution in [3.8, 4) is 0 Å². The molecule has 1 amide bonds. The fraction of sp³-hybridized carbons (Fsp3) is 0.174. The van der Waals surface area contributed by atoms with Gasteiger partial charge in [-0.25, -0.2) is 12.8 Å². The quantitative estimate of drug-likeness (QED) is 0.533. The zero-order valence-corrected chi connectivity index (χ0v) is 19.7. The van der Waals surface area contributed by atoms with E-state index < -0.39 is 10.0 Å². The number of piperazine rings is 1. The molecule has 0 spiro atoms. The Morgan fingerprint density at radius 1 is 0.909 bits per heavy atom. The van der Waals surface area contributed by atoms with Crippen LogP contribution in [0, 0.1) is 5.82 Å². The third-order valence-corrected chi connectivity index (χ3v) is 7.25. The summed E-state index contributed by atoms with van der Waals surface area (Å²) in [5.41, 5.74) is 0.892. The van der Waals surface area contributed by atoms with Gasteiger partial charge in [-0.1, -0.05) is 41.4 Å². The van der Waals surface area contributed by atoms with E-state index in [2.05, 4.69) is 4.72 Å². The number of benzene rings is 3. The van der Waals surface area contributed by atoms with Gasteiger partial charge in [0.1, 0.15) is 5.82 Å². The number of para-hydroxylation sites is 1. The first-order chi connectivity index (χ1) is 15.7. The molecule has 3 aromatic carbocycles. The Morgan fingerprint density at radius 2 is 1.64 bits per heavy atom. The lowest BCUT2D eigenvalue weighted by atomic mass is 10.1. The summed E-state index contributed by atoms with van der Waals surface area (Å²) in [6, 6.07) is 16.8. The van der Waals surface area contributed by atoms with Gasteiger partial charge < -0.3 is 9.80 Å². The van der Waals surface area contributed by atoms with E-state index in [-0.39, 0.29) is 32.9 Å². The molecule has 1 fully saturated rings. The monoisotopic (exact) mass is 507 g/mol. The Balaban J connectivity index is 1.48. The smallest absolute Gasteiger partial charge is 0.261 e. The summed E-state index contributed by atoms with van der Waals surface area (Å²) in [5.74, 6) is -0.594. The van der Waals surface area contributed by atoms with Crippen LogP contribution >= 0.6 is 23.2 Å². The molecule has 6 nitrogen and oxygen atoms in total. The second-order valence-corrected chi connectivity index (χ2v) is 10.0. The fourth-order valence-electron chi connectivity index (χ4n) is 3.62. The molecule has 172 valence electrons. The molecule has 10 heteroatoms. The van der Waals surface area contributed by atoms with Crippen LogP contribution in [0.1, 0.15) is 10.4 Å². The molecule has 0 aromatic heterocycles. The Kier molecular flexibility index (Phi) is 6.78. The molecule has 0 unspecified atom stereocenters. The summed E-state index contributed by atoms with van der Waals surface area (Å²) in [6.45, 7) is 1.72. The fourth-order valence-corrected chi connectivity index (χ4v) is 5.13. The highest BCUT2D eigenvalue weighted by molar-refractivity contribution is 7.92. The summed E-state index contributed by atoms with van der Waals surface area (Å²) in [5, 5.41) is 0.526. The van der Waals surface area contributed by atoms with Crippen molar-refractivity contribution in [2.75, 3.05) is 35.8 Å². The number of sulfonamides is 1. The molecule has 0 atom stereocenters. The first-order valence-electron chi connectivity index (χ1n) is 10.1. The number of hydrogen-bond donors (Lipinski definition) is 1. The van der Waals surface area contributed by atoms with Crippen LogP contribution in [0.3, 0.4) is 0 Å². The molecule has 33 heavy (non-hydrogen) atoms. The average molecular weight is 508 g/mol. The molecule has 0 aliphatic carbocycles. The van der Waals surface area contributed by atoms with Crippen molar-refractivity contribution in [2.45, 2.75) is 4.90 Å². The Hall–Kier alpha value is -2.81. The van der Waals surface area contributed by atoms with Crippen LogP contribution in [-0.2, 0) is 10.0 Å². The highest BCUT2D eigenvalue weighted by Crippen LogP contribution is 2.28. The number of carbonyl (C=O) groups is 1. The van der Waals surface area contributed by atoms with E-state index in [0.29, 0.717) is 36.9 Å². The topological polar surface area (TPSA) is 69.7 Å². The van der Waals surface area contributed by atoms with Crippen LogP contribution in [0.15, 0.2) is 71.6 Å². The van der Waals surface area contributed by atoms with E-state index in [1.165, 1.54) is 36.4 Å². The van der Waals surface area contributed by atoms with Gasteiger partial charge in [0.05, 0.1) is 21.3 Å². The van der Waals surface area contributed by atoms with Crippen molar-refractivity contribution in [3.05, 3.63) is 88.2 Å². The zero-order chi connectivity index (χ0) is 23.6. The number of halogens is 3. The lowest BCUT2D eigenvalue weighted by molar-refractivity contribution is 0.0746. The second kappa shape index (κ2) is 9.59. The Labute approximate surface area is 201 Å². The molecule has 0 saturated carbocycles. The standard InChI is InChI=1S/C23H20Cl2FN3O3S/c24-17-8-9-19(25)21(15-17)27-33(31,32)18-5-3-4-16(14-18)23(30)29-12-10-28(11-13-29)22-7-2-1-6-20(22)26/h1-9,14-15,27H,10-13H2. The van der Waals surface area contributed by atoms with Crippen molar-refractivity contribution in [2.24, 2.45) is 0 Å². The van der Waals surface area contributed by atoms with Gasteiger partial charge in [0.2, 0.25) is 0 Å². The van der Waals surface area contributed by atoms with Crippen molar-refractivity contribution >= 4 is 50.5 Å². The molecule has 1 aliphatic rings. The summed E-state index contributed by atoms with van der Waals surface area (Å²) >= 11 is 12.0. The second-order valence-electron chi connectivity index (χ2n) is 7.49. The first kappa shape index (κ1) is 23.4. The number of nitrogens with one attached hydrogen (secondary N) is 1. The predicted molar refractivity (Wildman–Crippen MR) is 128 cm³/mol. The number of carbonyl (C=O) groups excluding carboxylic acids is 1. The minimum absolute atomic E-state index is 0.0746. The van der Waals surface area contributed by atoms with Crippen LogP contribution in [-0.4, -0.2) is 45.4 Å². The maximum atomic E-state index is 14.1. The van der Waals surface area contributed by atoms with Crippen LogP contribution < -0.4 is 9.62 Å². The first-order valence-corrected chi connectivity index (χ1v) is 12.4. The molecular weight excluding hydrogens is 488 g/mol. The van der Waals surface area contributed by atoms with Crippen molar-refractivity contribution in [1.82, 2.24) is 4.90 Å². The highest BCUT2D eigenvalue weighted by Gasteiger charge is 2.25. The molecular formula is C23H20Cl2FN3O3S. The van der Waals surface area contributed by atoms with Crippen molar-refractivity contribution in [3.63, 3.8) is 0 Å².